The van der Waals surface area contributed by atoms with Crippen LogP contribution in [0.25, 0.3) is 0 Å². The first-order valence-electron chi connectivity index (χ1n) is 5.99. The zero-order chi connectivity index (χ0) is 15.6. The Labute approximate surface area is 131 Å². The van der Waals surface area contributed by atoms with Crippen molar-refractivity contribution in [2.45, 2.75) is 6.92 Å². The summed E-state index contributed by atoms with van der Waals surface area (Å²) < 4.78 is 0. The van der Waals surface area contributed by atoms with Gasteiger partial charge in [-0.05, 0) is 42.8 Å². The number of hydrogen-bond acceptors (Lipinski definition) is 2. The number of carbonyl (C=O) groups excluding carboxylic acids is 1. The first-order chi connectivity index (χ1) is 9.88. The van der Waals surface area contributed by atoms with Gasteiger partial charge in [-0.3, -0.25) is 4.79 Å². The lowest BCUT2D eigenvalue weighted by molar-refractivity contribution is 0.0697. The number of amides is 1. The van der Waals surface area contributed by atoms with Gasteiger partial charge in [0, 0.05) is 21.3 Å². The monoisotopic (exact) mass is 323 g/mol. The molecule has 0 saturated carbocycles. The largest absolute Gasteiger partial charge is 0.478 e. The van der Waals surface area contributed by atoms with Crippen molar-refractivity contribution in [3.8, 4) is 0 Å². The van der Waals surface area contributed by atoms with Crippen molar-refractivity contribution in [2.24, 2.45) is 0 Å². The molecule has 0 heterocycles. The Morgan fingerprint density at radius 1 is 1.05 bits per heavy atom. The fourth-order valence-corrected chi connectivity index (χ4v) is 2.20. The molecule has 0 aromatic heterocycles. The van der Waals surface area contributed by atoms with Gasteiger partial charge in [-0.15, -0.1) is 0 Å². The van der Waals surface area contributed by atoms with E-state index in [9.17, 15) is 9.59 Å². The fraction of sp³-hybridized carbons (Fsp3) is 0.0667. The molecule has 1 amide bonds. The number of carboxylic acids is 1. The third-order valence-electron chi connectivity index (χ3n) is 2.91. The fourth-order valence-electron chi connectivity index (χ4n) is 1.71. The third kappa shape index (κ3) is 3.54. The second kappa shape index (κ2) is 6.16. The zero-order valence-electron chi connectivity index (χ0n) is 11.0. The van der Waals surface area contributed by atoms with E-state index in [-0.39, 0.29) is 11.1 Å². The quantitative estimate of drug-likeness (QED) is 0.887. The molecule has 0 radical (unpaired) electrons. The molecule has 4 nitrogen and oxygen atoms in total. The first-order valence-corrected chi connectivity index (χ1v) is 6.74. The van der Waals surface area contributed by atoms with E-state index in [0.717, 1.165) is 5.56 Å². The highest BCUT2D eigenvalue weighted by Crippen LogP contribution is 2.28. The Balaban J connectivity index is 2.26. The number of nitrogens with one attached hydrogen (secondary N) is 1. The maximum Gasteiger partial charge on any atom is 0.335 e. The molecule has 2 aromatic rings. The van der Waals surface area contributed by atoms with Crippen LogP contribution in [-0.2, 0) is 0 Å². The Morgan fingerprint density at radius 2 is 1.62 bits per heavy atom. The highest BCUT2D eigenvalue weighted by atomic mass is 35.5. The standard InChI is InChI=1S/C15H11Cl2NO3/c1-8-12(16)6-11(7-13(8)17)18-14(19)9-3-2-4-10(5-9)15(20)21/h2-7H,1H3,(H,18,19)(H,20,21). The van der Waals surface area contributed by atoms with E-state index in [2.05, 4.69) is 5.32 Å². The SMILES string of the molecule is Cc1c(Cl)cc(NC(=O)c2cccc(C(=O)O)c2)cc1Cl. The Hall–Kier alpha value is -2.04. The minimum Gasteiger partial charge on any atom is -0.478 e. The minimum absolute atomic E-state index is 0.0441. The van der Waals surface area contributed by atoms with Crippen molar-refractivity contribution >= 4 is 40.8 Å². The van der Waals surface area contributed by atoms with Gasteiger partial charge in [0.15, 0.2) is 0 Å². The molecule has 0 atom stereocenters. The van der Waals surface area contributed by atoms with Crippen molar-refractivity contribution < 1.29 is 14.7 Å². The average molecular weight is 324 g/mol. The van der Waals surface area contributed by atoms with Crippen LogP contribution < -0.4 is 5.32 Å². The van der Waals surface area contributed by atoms with Gasteiger partial charge in [-0.2, -0.15) is 0 Å². The summed E-state index contributed by atoms with van der Waals surface area (Å²) >= 11 is 12.0. The van der Waals surface area contributed by atoms with Gasteiger partial charge in [0.25, 0.3) is 5.91 Å². The van der Waals surface area contributed by atoms with Crippen LogP contribution in [0.5, 0.6) is 0 Å². The summed E-state index contributed by atoms with van der Waals surface area (Å²) in [7, 11) is 0. The van der Waals surface area contributed by atoms with Crippen molar-refractivity contribution in [3.05, 3.63) is 63.1 Å². The topological polar surface area (TPSA) is 66.4 Å². The van der Waals surface area contributed by atoms with Gasteiger partial charge in [-0.1, -0.05) is 29.3 Å². The summed E-state index contributed by atoms with van der Waals surface area (Å²) in [5.74, 6) is -1.53. The van der Waals surface area contributed by atoms with Crippen LogP contribution in [0, 0.1) is 6.92 Å². The van der Waals surface area contributed by atoms with Gasteiger partial charge in [0.2, 0.25) is 0 Å². The molecule has 0 aliphatic heterocycles. The van der Waals surface area contributed by atoms with E-state index in [0.29, 0.717) is 15.7 Å². The van der Waals surface area contributed by atoms with Crippen LogP contribution >= 0.6 is 23.2 Å². The maximum atomic E-state index is 12.1. The smallest absolute Gasteiger partial charge is 0.335 e. The Morgan fingerprint density at radius 3 is 2.19 bits per heavy atom. The Bertz CT molecular complexity index is 706. The molecule has 21 heavy (non-hydrogen) atoms. The van der Waals surface area contributed by atoms with E-state index in [1.54, 1.807) is 19.1 Å². The van der Waals surface area contributed by atoms with Crippen LogP contribution in [-0.4, -0.2) is 17.0 Å². The lowest BCUT2D eigenvalue weighted by Crippen LogP contribution is -2.13. The van der Waals surface area contributed by atoms with E-state index in [1.165, 1.54) is 24.3 Å². The number of carbonyl (C=O) groups is 2. The molecule has 0 unspecified atom stereocenters. The molecular weight excluding hydrogens is 313 g/mol. The van der Waals surface area contributed by atoms with E-state index < -0.39 is 11.9 Å². The predicted octanol–water partition coefficient (Wildman–Crippen LogP) is 4.25. The Kier molecular flexibility index (Phi) is 4.50. The number of carboxylic acid groups (broad SMARTS) is 1. The van der Waals surface area contributed by atoms with Gasteiger partial charge >= 0.3 is 5.97 Å². The van der Waals surface area contributed by atoms with Crippen LogP contribution in [0.2, 0.25) is 10.0 Å². The minimum atomic E-state index is -1.09. The lowest BCUT2D eigenvalue weighted by Gasteiger charge is -2.09. The number of rotatable bonds is 3. The van der Waals surface area contributed by atoms with Crippen molar-refractivity contribution in [1.29, 1.82) is 0 Å². The van der Waals surface area contributed by atoms with Gasteiger partial charge in [-0.25, -0.2) is 4.79 Å². The average Bonchev–Trinajstić information content (AvgIpc) is 2.44. The van der Waals surface area contributed by atoms with Crippen LogP contribution in [0.3, 0.4) is 0 Å². The normalized spacial score (nSPS) is 10.2. The van der Waals surface area contributed by atoms with Gasteiger partial charge < -0.3 is 10.4 Å². The molecule has 0 aliphatic carbocycles. The summed E-state index contributed by atoms with van der Waals surface area (Å²) in [5, 5.41) is 12.4. The summed E-state index contributed by atoms with van der Waals surface area (Å²) in [6.45, 7) is 1.77. The molecule has 0 spiro atoms. The highest BCUT2D eigenvalue weighted by Gasteiger charge is 2.11. The number of hydrogen-bond donors (Lipinski definition) is 2. The van der Waals surface area contributed by atoms with E-state index in [1.807, 2.05) is 0 Å². The maximum absolute atomic E-state index is 12.1. The molecule has 2 N–H and O–H groups in total. The first kappa shape index (κ1) is 15.4. The lowest BCUT2D eigenvalue weighted by atomic mass is 10.1. The highest BCUT2D eigenvalue weighted by molar-refractivity contribution is 6.36. The molecule has 0 saturated heterocycles. The molecule has 0 aliphatic rings. The second-order valence-corrected chi connectivity index (χ2v) is 5.22. The van der Waals surface area contributed by atoms with Crippen molar-refractivity contribution in [3.63, 3.8) is 0 Å². The molecule has 108 valence electrons. The third-order valence-corrected chi connectivity index (χ3v) is 3.70. The molecule has 2 rings (SSSR count). The number of aromatic carboxylic acids is 1. The van der Waals surface area contributed by atoms with Gasteiger partial charge in [0.05, 0.1) is 5.56 Å². The van der Waals surface area contributed by atoms with Gasteiger partial charge in [0.1, 0.15) is 0 Å². The predicted molar refractivity (Wildman–Crippen MR) is 82.6 cm³/mol. The van der Waals surface area contributed by atoms with E-state index >= 15 is 0 Å². The number of halogens is 2. The molecule has 2 aromatic carbocycles. The van der Waals surface area contributed by atoms with Crippen LogP contribution in [0.4, 0.5) is 5.69 Å². The molecule has 0 fully saturated rings. The summed E-state index contributed by atoms with van der Waals surface area (Å²) in [4.78, 5) is 23.0. The van der Waals surface area contributed by atoms with Crippen LogP contribution in [0.1, 0.15) is 26.3 Å². The van der Waals surface area contributed by atoms with E-state index in [4.69, 9.17) is 28.3 Å². The zero-order valence-corrected chi connectivity index (χ0v) is 12.5. The molecule has 0 bridgehead atoms. The second-order valence-electron chi connectivity index (χ2n) is 4.40. The molecule has 6 heteroatoms. The van der Waals surface area contributed by atoms with Crippen molar-refractivity contribution in [1.82, 2.24) is 0 Å². The van der Waals surface area contributed by atoms with Crippen LogP contribution in [0.15, 0.2) is 36.4 Å². The molecular formula is C15H11Cl2NO3. The summed E-state index contributed by atoms with van der Waals surface area (Å²) in [6, 6.07) is 8.92. The van der Waals surface area contributed by atoms with Crippen molar-refractivity contribution in [2.75, 3.05) is 5.32 Å². The number of anilines is 1. The number of benzene rings is 2. The summed E-state index contributed by atoms with van der Waals surface area (Å²) in [6.07, 6.45) is 0. The summed E-state index contributed by atoms with van der Waals surface area (Å²) in [5.41, 5.74) is 1.45.